The summed E-state index contributed by atoms with van der Waals surface area (Å²) in [4.78, 5) is 24.1. The van der Waals surface area contributed by atoms with E-state index in [1.807, 2.05) is 11.4 Å². The first-order valence-electron chi connectivity index (χ1n) is 7.28. The van der Waals surface area contributed by atoms with Crippen molar-refractivity contribution in [3.8, 4) is 0 Å². The van der Waals surface area contributed by atoms with Crippen molar-refractivity contribution >= 4 is 23.2 Å². The second kappa shape index (κ2) is 7.56. The first-order chi connectivity index (χ1) is 10.1. The molecule has 2 heterocycles. The quantitative estimate of drug-likeness (QED) is 0.839. The molecule has 0 aromatic carbocycles. The van der Waals surface area contributed by atoms with Crippen molar-refractivity contribution in [3.63, 3.8) is 0 Å². The van der Waals surface area contributed by atoms with E-state index in [2.05, 4.69) is 24.5 Å². The Labute approximate surface area is 129 Å². The highest BCUT2D eigenvalue weighted by Crippen LogP contribution is 2.25. The lowest BCUT2D eigenvalue weighted by Crippen LogP contribution is -2.40. The predicted molar refractivity (Wildman–Crippen MR) is 82.3 cm³/mol. The molecule has 2 rings (SSSR count). The number of carbonyl (C=O) groups excluding carboxylic acids is 2. The van der Waals surface area contributed by atoms with E-state index in [0.29, 0.717) is 23.3 Å². The van der Waals surface area contributed by atoms with Crippen LogP contribution in [0.2, 0.25) is 0 Å². The Morgan fingerprint density at radius 3 is 2.90 bits per heavy atom. The Hall–Kier alpha value is -1.40. The van der Waals surface area contributed by atoms with E-state index in [9.17, 15) is 9.59 Å². The van der Waals surface area contributed by atoms with Crippen molar-refractivity contribution in [2.75, 3.05) is 19.7 Å². The molecule has 1 aliphatic heterocycles. The van der Waals surface area contributed by atoms with E-state index in [4.69, 9.17) is 4.74 Å². The molecule has 2 N–H and O–H groups in total. The number of hydrogen-bond donors (Lipinski definition) is 2. The minimum Gasteiger partial charge on any atom is -0.378 e. The lowest BCUT2D eigenvalue weighted by atomic mass is 9.93. The number of nitrogens with one attached hydrogen (secondary N) is 2. The molecular weight excluding hydrogens is 288 g/mol. The van der Waals surface area contributed by atoms with Gasteiger partial charge in [0.1, 0.15) is 0 Å². The van der Waals surface area contributed by atoms with Gasteiger partial charge in [-0.05, 0) is 23.8 Å². The lowest BCUT2D eigenvalue weighted by molar-refractivity contribution is -0.120. The Morgan fingerprint density at radius 2 is 2.24 bits per heavy atom. The molecule has 1 fully saturated rings. The van der Waals surface area contributed by atoms with Crippen LogP contribution in [0.5, 0.6) is 0 Å². The summed E-state index contributed by atoms with van der Waals surface area (Å²) < 4.78 is 5.69. The van der Waals surface area contributed by atoms with Gasteiger partial charge >= 0.3 is 0 Å². The third-order valence-electron chi connectivity index (χ3n) is 3.64. The second-order valence-electron chi connectivity index (χ2n) is 5.59. The van der Waals surface area contributed by atoms with Crippen LogP contribution in [0.25, 0.3) is 0 Å². The van der Waals surface area contributed by atoms with E-state index in [0.717, 1.165) is 13.0 Å². The summed E-state index contributed by atoms with van der Waals surface area (Å²) in [6.45, 7) is 5.64. The van der Waals surface area contributed by atoms with Gasteiger partial charge in [0.15, 0.2) is 0 Å². The summed E-state index contributed by atoms with van der Waals surface area (Å²) in [5, 5.41) is 7.34. The van der Waals surface area contributed by atoms with Gasteiger partial charge in [0, 0.05) is 19.1 Å². The number of amides is 2. The van der Waals surface area contributed by atoms with Crippen LogP contribution in [-0.4, -0.2) is 37.6 Å². The molecular formula is C15H22N2O3S. The Balaban J connectivity index is 1.69. The van der Waals surface area contributed by atoms with Crippen LogP contribution in [0.4, 0.5) is 0 Å². The first-order valence-corrected chi connectivity index (χ1v) is 8.16. The molecule has 0 spiro atoms. The molecule has 2 amide bonds. The highest BCUT2D eigenvalue weighted by Gasteiger charge is 2.30. The van der Waals surface area contributed by atoms with Gasteiger partial charge in [-0.3, -0.25) is 9.59 Å². The number of thiophene rings is 1. The van der Waals surface area contributed by atoms with E-state index < -0.39 is 0 Å². The highest BCUT2D eigenvalue weighted by molar-refractivity contribution is 7.12. The van der Waals surface area contributed by atoms with E-state index in [-0.39, 0.29) is 24.5 Å². The molecule has 5 nitrogen and oxygen atoms in total. The molecule has 6 heteroatoms. The molecule has 0 saturated carbocycles. The summed E-state index contributed by atoms with van der Waals surface area (Å²) in [6.07, 6.45) is 1.19. The van der Waals surface area contributed by atoms with Crippen molar-refractivity contribution in [3.05, 3.63) is 22.4 Å². The van der Waals surface area contributed by atoms with Crippen LogP contribution in [0.1, 0.15) is 29.9 Å². The molecule has 1 aromatic heterocycles. The maximum Gasteiger partial charge on any atom is 0.261 e. The summed E-state index contributed by atoms with van der Waals surface area (Å²) >= 11 is 1.36. The van der Waals surface area contributed by atoms with Gasteiger partial charge in [0.25, 0.3) is 5.91 Å². The van der Waals surface area contributed by atoms with Crippen LogP contribution in [0, 0.1) is 11.8 Å². The van der Waals surface area contributed by atoms with E-state index in [1.54, 1.807) is 6.07 Å². The average Bonchev–Trinajstić information content (AvgIpc) is 3.12. The summed E-state index contributed by atoms with van der Waals surface area (Å²) in [7, 11) is 0. The SMILES string of the molecule is CC(C)[C@@H]1OCC[C@@H]1CNC(=O)CNC(=O)c1cccs1. The third-order valence-corrected chi connectivity index (χ3v) is 4.51. The maximum atomic E-state index is 11.8. The van der Waals surface area contributed by atoms with Crippen LogP contribution in [0.15, 0.2) is 17.5 Å². The van der Waals surface area contributed by atoms with Crippen molar-refractivity contribution in [1.82, 2.24) is 10.6 Å². The van der Waals surface area contributed by atoms with Crippen LogP contribution in [-0.2, 0) is 9.53 Å². The molecule has 0 unspecified atom stereocenters. The van der Waals surface area contributed by atoms with Crippen molar-refractivity contribution in [2.45, 2.75) is 26.4 Å². The monoisotopic (exact) mass is 310 g/mol. The number of carbonyl (C=O) groups is 2. The largest absolute Gasteiger partial charge is 0.378 e. The first kappa shape index (κ1) is 16.0. The molecule has 1 saturated heterocycles. The van der Waals surface area contributed by atoms with Gasteiger partial charge < -0.3 is 15.4 Å². The minimum absolute atomic E-state index is 0.0106. The zero-order valence-electron chi connectivity index (χ0n) is 12.4. The third kappa shape index (κ3) is 4.54. The molecule has 0 aliphatic carbocycles. The smallest absolute Gasteiger partial charge is 0.261 e. The summed E-state index contributed by atoms with van der Waals surface area (Å²) in [5.74, 6) is 0.452. The van der Waals surface area contributed by atoms with Gasteiger partial charge in [-0.2, -0.15) is 0 Å². The van der Waals surface area contributed by atoms with Gasteiger partial charge in [-0.25, -0.2) is 0 Å². The maximum absolute atomic E-state index is 11.8. The van der Waals surface area contributed by atoms with Gasteiger partial charge in [0.05, 0.1) is 17.5 Å². The minimum atomic E-state index is -0.204. The van der Waals surface area contributed by atoms with Gasteiger partial charge in [0.2, 0.25) is 5.91 Å². The number of rotatable bonds is 6. The fourth-order valence-electron chi connectivity index (χ4n) is 2.57. The van der Waals surface area contributed by atoms with Crippen LogP contribution >= 0.6 is 11.3 Å². The Bertz CT molecular complexity index is 473. The molecule has 116 valence electrons. The topological polar surface area (TPSA) is 67.4 Å². The zero-order chi connectivity index (χ0) is 15.2. The van der Waals surface area contributed by atoms with Gasteiger partial charge in [-0.15, -0.1) is 11.3 Å². The normalized spacial score (nSPS) is 21.5. The Kier molecular flexibility index (Phi) is 5.76. The van der Waals surface area contributed by atoms with Crippen LogP contribution < -0.4 is 10.6 Å². The fourth-order valence-corrected chi connectivity index (χ4v) is 3.21. The molecule has 0 radical (unpaired) electrons. The van der Waals surface area contributed by atoms with Crippen molar-refractivity contribution in [2.24, 2.45) is 11.8 Å². The van der Waals surface area contributed by atoms with Crippen molar-refractivity contribution in [1.29, 1.82) is 0 Å². The molecule has 1 aliphatic rings. The highest BCUT2D eigenvalue weighted by atomic mass is 32.1. The van der Waals surface area contributed by atoms with E-state index >= 15 is 0 Å². The Morgan fingerprint density at radius 1 is 1.43 bits per heavy atom. The van der Waals surface area contributed by atoms with Gasteiger partial charge in [-0.1, -0.05) is 19.9 Å². The standard InChI is InChI=1S/C15H22N2O3S/c1-10(2)14-11(5-6-20-14)8-16-13(18)9-17-15(19)12-4-3-7-21-12/h3-4,7,10-11,14H,5-6,8-9H2,1-2H3,(H,16,18)(H,17,19)/t11-,14+/m1/s1. The number of ether oxygens (including phenoxy) is 1. The average molecular weight is 310 g/mol. The van der Waals surface area contributed by atoms with Crippen molar-refractivity contribution < 1.29 is 14.3 Å². The fraction of sp³-hybridized carbons (Fsp3) is 0.600. The summed E-state index contributed by atoms with van der Waals surface area (Å²) in [5.41, 5.74) is 0. The van der Waals surface area contributed by atoms with E-state index in [1.165, 1.54) is 11.3 Å². The predicted octanol–water partition coefficient (Wildman–Crippen LogP) is 1.66. The molecule has 0 bridgehead atoms. The second-order valence-corrected chi connectivity index (χ2v) is 6.54. The number of hydrogen-bond acceptors (Lipinski definition) is 4. The molecule has 21 heavy (non-hydrogen) atoms. The van der Waals surface area contributed by atoms with Crippen LogP contribution in [0.3, 0.4) is 0 Å². The zero-order valence-corrected chi connectivity index (χ0v) is 13.2. The lowest BCUT2D eigenvalue weighted by Gasteiger charge is -2.22. The summed E-state index contributed by atoms with van der Waals surface area (Å²) in [6, 6.07) is 3.55. The molecule has 1 aromatic rings. The molecule has 2 atom stereocenters.